The lowest BCUT2D eigenvalue weighted by atomic mass is 10.1. The maximum absolute atomic E-state index is 9.23. The van der Waals surface area contributed by atoms with Crippen LogP contribution in [0.5, 0.6) is 0 Å². The molecule has 1 saturated heterocycles. The van der Waals surface area contributed by atoms with Gasteiger partial charge in [-0.2, -0.15) is 0 Å². The fraction of sp³-hybridized carbons (Fsp3) is 0.538. The summed E-state index contributed by atoms with van der Waals surface area (Å²) >= 11 is 3.53. The SMILES string of the molecule is CC1CN(c2ccc(CO)cc2Br)CC(CO)O1. The third kappa shape index (κ3) is 3.03. The van der Waals surface area contributed by atoms with Gasteiger partial charge in [-0.15, -0.1) is 0 Å². The number of hydrogen-bond acceptors (Lipinski definition) is 4. The van der Waals surface area contributed by atoms with Gasteiger partial charge in [0.05, 0.1) is 31.1 Å². The Morgan fingerprint density at radius 3 is 2.78 bits per heavy atom. The second kappa shape index (κ2) is 6.02. The fourth-order valence-electron chi connectivity index (χ4n) is 2.25. The molecule has 0 bridgehead atoms. The minimum absolute atomic E-state index is 0.0349. The summed E-state index contributed by atoms with van der Waals surface area (Å²) in [5.41, 5.74) is 1.95. The molecule has 0 amide bonds. The third-order valence-corrected chi connectivity index (χ3v) is 3.70. The summed E-state index contributed by atoms with van der Waals surface area (Å²) in [6.45, 7) is 3.56. The van der Waals surface area contributed by atoms with Crippen molar-refractivity contribution in [3.63, 3.8) is 0 Å². The molecule has 18 heavy (non-hydrogen) atoms. The third-order valence-electron chi connectivity index (χ3n) is 3.07. The maximum Gasteiger partial charge on any atom is 0.0984 e. The minimum atomic E-state index is -0.141. The maximum atomic E-state index is 9.23. The number of rotatable bonds is 3. The van der Waals surface area contributed by atoms with Gasteiger partial charge in [0, 0.05) is 17.6 Å². The predicted octanol–water partition coefficient (Wildman–Crippen LogP) is 1.53. The zero-order chi connectivity index (χ0) is 13.1. The Hall–Kier alpha value is -0.620. The van der Waals surface area contributed by atoms with Gasteiger partial charge in [-0.1, -0.05) is 6.07 Å². The second-order valence-electron chi connectivity index (χ2n) is 4.60. The molecule has 2 atom stereocenters. The summed E-state index contributed by atoms with van der Waals surface area (Å²) < 4.78 is 6.58. The van der Waals surface area contributed by atoms with E-state index >= 15 is 0 Å². The zero-order valence-corrected chi connectivity index (χ0v) is 11.9. The average Bonchev–Trinajstić information content (AvgIpc) is 2.37. The Kier molecular flexibility index (Phi) is 4.61. The van der Waals surface area contributed by atoms with Gasteiger partial charge in [-0.3, -0.25) is 0 Å². The van der Waals surface area contributed by atoms with Gasteiger partial charge in [0.25, 0.3) is 0 Å². The number of benzene rings is 1. The van der Waals surface area contributed by atoms with Crippen molar-refractivity contribution >= 4 is 21.6 Å². The molecule has 1 aliphatic heterocycles. The van der Waals surface area contributed by atoms with Gasteiger partial charge in [-0.05, 0) is 40.5 Å². The topological polar surface area (TPSA) is 52.9 Å². The minimum Gasteiger partial charge on any atom is -0.394 e. The quantitative estimate of drug-likeness (QED) is 0.888. The van der Waals surface area contributed by atoms with Gasteiger partial charge in [-0.25, -0.2) is 0 Å². The molecule has 1 aromatic rings. The van der Waals surface area contributed by atoms with Crippen molar-refractivity contribution in [2.24, 2.45) is 0 Å². The Morgan fingerprint density at radius 2 is 2.17 bits per heavy atom. The smallest absolute Gasteiger partial charge is 0.0984 e. The summed E-state index contributed by atoms with van der Waals surface area (Å²) in [6.07, 6.45) is -0.0431. The van der Waals surface area contributed by atoms with Crippen molar-refractivity contribution in [1.29, 1.82) is 0 Å². The molecule has 0 aromatic heterocycles. The molecule has 0 saturated carbocycles. The lowest BCUT2D eigenvalue weighted by molar-refractivity contribution is -0.0421. The van der Waals surface area contributed by atoms with E-state index in [1.165, 1.54) is 0 Å². The monoisotopic (exact) mass is 315 g/mol. The Bertz CT molecular complexity index is 413. The molecule has 100 valence electrons. The molecule has 1 aromatic carbocycles. The lowest BCUT2D eigenvalue weighted by Crippen LogP contribution is -2.48. The van der Waals surface area contributed by atoms with Gasteiger partial charge < -0.3 is 19.8 Å². The number of hydrogen-bond donors (Lipinski definition) is 2. The summed E-state index contributed by atoms with van der Waals surface area (Å²) in [6, 6.07) is 5.82. The second-order valence-corrected chi connectivity index (χ2v) is 5.45. The van der Waals surface area contributed by atoms with Crippen LogP contribution >= 0.6 is 15.9 Å². The molecule has 2 unspecified atom stereocenters. The number of aliphatic hydroxyl groups excluding tert-OH is 2. The van der Waals surface area contributed by atoms with Crippen LogP contribution < -0.4 is 4.90 Å². The number of anilines is 1. The van der Waals surface area contributed by atoms with Crippen molar-refractivity contribution in [2.45, 2.75) is 25.7 Å². The molecule has 0 spiro atoms. The van der Waals surface area contributed by atoms with E-state index in [0.29, 0.717) is 6.54 Å². The molecule has 2 rings (SSSR count). The van der Waals surface area contributed by atoms with E-state index in [-0.39, 0.29) is 25.4 Å². The predicted molar refractivity (Wildman–Crippen MR) is 73.7 cm³/mol. The first-order chi connectivity index (χ1) is 8.63. The van der Waals surface area contributed by atoms with E-state index in [2.05, 4.69) is 20.8 Å². The van der Waals surface area contributed by atoms with E-state index in [1.807, 2.05) is 25.1 Å². The Balaban J connectivity index is 2.19. The van der Waals surface area contributed by atoms with Gasteiger partial charge >= 0.3 is 0 Å². The van der Waals surface area contributed by atoms with Gasteiger partial charge in [0.1, 0.15) is 0 Å². The fourth-order valence-corrected chi connectivity index (χ4v) is 2.92. The molecule has 5 heteroatoms. The van der Waals surface area contributed by atoms with Crippen molar-refractivity contribution in [3.05, 3.63) is 28.2 Å². The van der Waals surface area contributed by atoms with Crippen LogP contribution in [-0.4, -0.2) is 42.1 Å². The van der Waals surface area contributed by atoms with Crippen LogP contribution in [0.2, 0.25) is 0 Å². The summed E-state index contributed by atoms with van der Waals surface area (Å²) in [7, 11) is 0. The van der Waals surface area contributed by atoms with Crippen molar-refractivity contribution in [1.82, 2.24) is 0 Å². The zero-order valence-electron chi connectivity index (χ0n) is 10.3. The van der Waals surface area contributed by atoms with E-state index in [4.69, 9.17) is 9.84 Å². The molecule has 2 N–H and O–H groups in total. The molecular formula is C13H18BrNO3. The summed E-state index contributed by atoms with van der Waals surface area (Å²) in [4.78, 5) is 2.19. The molecule has 1 fully saturated rings. The summed E-state index contributed by atoms with van der Waals surface area (Å²) in [5, 5.41) is 18.3. The number of aliphatic hydroxyl groups is 2. The van der Waals surface area contributed by atoms with Gasteiger partial charge in [0.15, 0.2) is 0 Å². The Morgan fingerprint density at radius 1 is 1.39 bits per heavy atom. The molecule has 1 aliphatic rings. The van der Waals surface area contributed by atoms with Crippen molar-refractivity contribution in [3.8, 4) is 0 Å². The van der Waals surface area contributed by atoms with Crippen LogP contribution in [0.15, 0.2) is 22.7 Å². The van der Waals surface area contributed by atoms with Gasteiger partial charge in [0.2, 0.25) is 0 Å². The standard InChI is InChI=1S/C13H18BrNO3/c1-9-5-15(6-11(8-17)18-9)13-3-2-10(7-16)4-12(13)14/h2-4,9,11,16-17H,5-8H2,1H3. The number of morpholine rings is 1. The van der Waals surface area contributed by atoms with E-state index < -0.39 is 0 Å². The van der Waals surface area contributed by atoms with Crippen LogP contribution in [0, 0.1) is 0 Å². The molecule has 0 aliphatic carbocycles. The van der Waals surface area contributed by atoms with Crippen LogP contribution in [0.3, 0.4) is 0 Å². The molecule has 0 radical (unpaired) electrons. The van der Waals surface area contributed by atoms with E-state index in [0.717, 1.165) is 22.3 Å². The van der Waals surface area contributed by atoms with Crippen molar-refractivity contribution < 1.29 is 14.9 Å². The highest BCUT2D eigenvalue weighted by molar-refractivity contribution is 9.10. The van der Waals surface area contributed by atoms with E-state index in [9.17, 15) is 5.11 Å². The average molecular weight is 316 g/mol. The molecule has 1 heterocycles. The van der Waals surface area contributed by atoms with Crippen LogP contribution in [0.25, 0.3) is 0 Å². The molecular weight excluding hydrogens is 298 g/mol. The lowest BCUT2D eigenvalue weighted by Gasteiger charge is -2.38. The van der Waals surface area contributed by atoms with Crippen LogP contribution in [0.1, 0.15) is 12.5 Å². The first-order valence-corrected chi connectivity index (χ1v) is 6.84. The first-order valence-electron chi connectivity index (χ1n) is 6.04. The molecule has 4 nitrogen and oxygen atoms in total. The normalized spacial score (nSPS) is 24.3. The van der Waals surface area contributed by atoms with E-state index in [1.54, 1.807) is 0 Å². The number of halogens is 1. The van der Waals surface area contributed by atoms with Crippen LogP contribution in [0.4, 0.5) is 5.69 Å². The van der Waals surface area contributed by atoms with Crippen LogP contribution in [-0.2, 0) is 11.3 Å². The number of ether oxygens (including phenoxy) is 1. The summed E-state index contributed by atoms with van der Waals surface area (Å²) in [5.74, 6) is 0. The highest BCUT2D eigenvalue weighted by atomic mass is 79.9. The Labute approximate surface area is 115 Å². The first kappa shape index (κ1) is 13.8. The highest BCUT2D eigenvalue weighted by Crippen LogP contribution is 2.29. The highest BCUT2D eigenvalue weighted by Gasteiger charge is 2.25. The van der Waals surface area contributed by atoms with Crippen molar-refractivity contribution in [2.75, 3.05) is 24.6 Å². The largest absolute Gasteiger partial charge is 0.394 e. The number of nitrogens with zero attached hydrogens (tertiary/aromatic N) is 1.